The maximum Gasteiger partial charge on any atom is 0.341 e. The minimum absolute atomic E-state index is 0.319. The van der Waals surface area contributed by atoms with Gasteiger partial charge in [-0.2, -0.15) is 0 Å². The summed E-state index contributed by atoms with van der Waals surface area (Å²) in [4.78, 5) is 10.0. The molecule has 0 atom stereocenters. The van der Waals surface area contributed by atoms with E-state index in [-0.39, 0.29) is 6.61 Å². The first-order valence-corrected chi connectivity index (χ1v) is 3.10. The summed E-state index contributed by atoms with van der Waals surface area (Å²) in [5.41, 5.74) is 0. The lowest BCUT2D eigenvalue weighted by molar-refractivity contribution is -0.139. The van der Waals surface area contributed by atoms with Crippen LogP contribution in [-0.2, 0) is 4.79 Å². The van der Waals surface area contributed by atoms with E-state index < -0.39 is 5.97 Å². The van der Waals surface area contributed by atoms with Gasteiger partial charge in [0.25, 0.3) is 0 Å². The number of hydrogen-bond donors (Lipinski definition) is 1. The number of carboxylic acids is 1. The molecule has 1 aromatic rings. The van der Waals surface area contributed by atoms with E-state index in [9.17, 15) is 4.79 Å². The van der Waals surface area contributed by atoms with E-state index in [0.29, 0.717) is 5.75 Å². The highest BCUT2D eigenvalue weighted by atomic mass is 16.5. The van der Waals surface area contributed by atoms with Crippen LogP contribution in [0.25, 0.3) is 0 Å². The van der Waals surface area contributed by atoms with Gasteiger partial charge in [0.2, 0.25) is 0 Å². The van der Waals surface area contributed by atoms with Gasteiger partial charge >= 0.3 is 5.97 Å². The van der Waals surface area contributed by atoms with Gasteiger partial charge in [-0.3, -0.25) is 0 Å². The number of benzene rings is 1. The SMILES string of the molecule is O=C(O)COc1[c]cccc1. The largest absolute Gasteiger partial charge is 0.481 e. The summed E-state index contributed by atoms with van der Waals surface area (Å²) >= 11 is 0. The van der Waals surface area contributed by atoms with E-state index in [1.165, 1.54) is 0 Å². The van der Waals surface area contributed by atoms with Crippen LogP contribution in [0.3, 0.4) is 0 Å². The van der Waals surface area contributed by atoms with Crippen molar-refractivity contribution in [2.24, 2.45) is 0 Å². The van der Waals surface area contributed by atoms with Crippen LogP contribution in [0.1, 0.15) is 0 Å². The zero-order chi connectivity index (χ0) is 8.10. The Labute approximate surface area is 64.2 Å². The molecule has 0 spiro atoms. The Morgan fingerprint density at radius 2 is 2.45 bits per heavy atom. The smallest absolute Gasteiger partial charge is 0.341 e. The first-order chi connectivity index (χ1) is 5.29. The monoisotopic (exact) mass is 151 g/mol. The third kappa shape index (κ3) is 2.71. The van der Waals surface area contributed by atoms with Gasteiger partial charge in [-0.05, 0) is 6.07 Å². The zero-order valence-electron chi connectivity index (χ0n) is 5.78. The molecule has 11 heavy (non-hydrogen) atoms. The summed E-state index contributed by atoms with van der Waals surface area (Å²) in [5, 5.41) is 8.24. The van der Waals surface area contributed by atoms with Crippen LogP contribution in [0.4, 0.5) is 0 Å². The van der Waals surface area contributed by atoms with Gasteiger partial charge in [0.1, 0.15) is 5.75 Å². The van der Waals surface area contributed by atoms with Gasteiger partial charge in [0.05, 0.1) is 0 Å². The van der Waals surface area contributed by atoms with Crippen LogP contribution < -0.4 is 4.74 Å². The molecular formula is C8H7O3. The highest BCUT2D eigenvalue weighted by Crippen LogP contribution is 2.06. The summed E-state index contributed by atoms with van der Waals surface area (Å²) < 4.78 is 4.81. The lowest BCUT2D eigenvalue weighted by Gasteiger charge is -1.99. The van der Waals surface area contributed by atoms with E-state index >= 15 is 0 Å². The first kappa shape index (κ1) is 7.60. The molecule has 3 heteroatoms. The fourth-order valence-electron chi connectivity index (χ4n) is 0.606. The Morgan fingerprint density at radius 1 is 1.64 bits per heavy atom. The van der Waals surface area contributed by atoms with Gasteiger partial charge in [-0.1, -0.05) is 18.2 Å². The quantitative estimate of drug-likeness (QED) is 0.699. The lowest BCUT2D eigenvalue weighted by Crippen LogP contribution is -2.09. The third-order valence-corrected chi connectivity index (χ3v) is 1.03. The minimum atomic E-state index is -0.984. The van der Waals surface area contributed by atoms with Crippen molar-refractivity contribution in [2.75, 3.05) is 6.61 Å². The van der Waals surface area contributed by atoms with Crippen molar-refractivity contribution in [2.45, 2.75) is 0 Å². The molecule has 0 aliphatic carbocycles. The molecule has 0 saturated carbocycles. The predicted octanol–water partition coefficient (Wildman–Crippen LogP) is 0.950. The predicted molar refractivity (Wildman–Crippen MR) is 38.4 cm³/mol. The number of aliphatic carboxylic acids is 1. The van der Waals surface area contributed by atoms with E-state index in [2.05, 4.69) is 6.07 Å². The summed E-state index contributed by atoms with van der Waals surface area (Å²) in [5.74, 6) is -0.530. The molecule has 1 N–H and O–H groups in total. The van der Waals surface area contributed by atoms with Crippen molar-refractivity contribution in [1.82, 2.24) is 0 Å². The van der Waals surface area contributed by atoms with Gasteiger partial charge in [0, 0.05) is 6.07 Å². The van der Waals surface area contributed by atoms with Crippen LogP contribution in [0, 0.1) is 6.07 Å². The van der Waals surface area contributed by atoms with Crippen molar-refractivity contribution >= 4 is 5.97 Å². The molecule has 3 nitrogen and oxygen atoms in total. The molecule has 1 rings (SSSR count). The Morgan fingerprint density at radius 3 is 3.00 bits per heavy atom. The molecule has 57 valence electrons. The third-order valence-electron chi connectivity index (χ3n) is 1.03. The van der Waals surface area contributed by atoms with Gasteiger partial charge in [-0.15, -0.1) is 0 Å². The number of carbonyl (C=O) groups is 1. The Bertz CT molecular complexity index is 230. The summed E-state index contributed by atoms with van der Waals surface area (Å²) in [6, 6.07) is 9.60. The van der Waals surface area contributed by atoms with Crippen molar-refractivity contribution in [3.8, 4) is 5.75 Å². The van der Waals surface area contributed by atoms with Crippen molar-refractivity contribution in [3.05, 3.63) is 30.3 Å². The van der Waals surface area contributed by atoms with Gasteiger partial charge in [0.15, 0.2) is 6.61 Å². The highest BCUT2D eigenvalue weighted by molar-refractivity contribution is 5.68. The number of rotatable bonds is 3. The molecule has 0 aliphatic heterocycles. The van der Waals surface area contributed by atoms with Crippen LogP contribution >= 0.6 is 0 Å². The van der Waals surface area contributed by atoms with Gasteiger partial charge < -0.3 is 9.84 Å². The highest BCUT2D eigenvalue weighted by Gasteiger charge is 1.96. The number of hydrogen-bond acceptors (Lipinski definition) is 2. The molecule has 0 bridgehead atoms. The molecule has 0 amide bonds. The van der Waals surface area contributed by atoms with Crippen LogP contribution in [0.15, 0.2) is 24.3 Å². The van der Waals surface area contributed by atoms with Crippen LogP contribution in [-0.4, -0.2) is 17.7 Å². The molecule has 0 unspecified atom stereocenters. The molecule has 1 radical (unpaired) electrons. The Balaban J connectivity index is 2.45. The minimum Gasteiger partial charge on any atom is -0.481 e. The first-order valence-electron chi connectivity index (χ1n) is 3.10. The molecule has 0 heterocycles. The van der Waals surface area contributed by atoms with Crippen molar-refractivity contribution < 1.29 is 14.6 Å². The second-order valence-corrected chi connectivity index (χ2v) is 1.91. The molecule has 0 aliphatic rings. The van der Waals surface area contributed by atoms with Crippen LogP contribution in [0.2, 0.25) is 0 Å². The topological polar surface area (TPSA) is 46.5 Å². The van der Waals surface area contributed by atoms with Crippen molar-refractivity contribution in [3.63, 3.8) is 0 Å². The molecule has 0 aromatic heterocycles. The normalized spacial score (nSPS) is 9.09. The molecule has 0 saturated heterocycles. The average Bonchev–Trinajstić information content (AvgIpc) is 2.03. The van der Waals surface area contributed by atoms with Crippen LogP contribution in [0.5, 0.6) is 5.75 Å². The summed E-state index contributed by atoms with van der Waals surface area (Å²) in [6.07, 6.45) is 0. The van der Waals surface area contributed by atoms with E-state index in [4.69, 9.17) is 9.84 Å². The second kappa shape index (κ2) is 3.61. The zero-order valence-corrected chi connectivity index (χ0v) is 5.78. The summed E-state index contributed by atoms with van der Waals surface area (Å²) in [7, 11) is 0. The van der Waals surface area contributed by atoms with E-state index in [0.717, 1.165) is 0 Å². The fourth-order valence-corrected chi connectivity index (χ4v) is 0.606. The molecular weight excluding hydrogens is 144 g/mol. The number of carboxylic acid groups (broad SMARTS) is 1. The average molecular weight is 151 g/mol. The van der Waals surface area contributed by atoms with Crippen molar-refractivity contribution in [1.29, 1.82) is 0 Å². The van der Waals surface area contributed by atoms with Gasteiger partial charge in [-0.25, -0.2) is 4.79 Å². The van der Waals surface area contributed by atoms with E-state index in [1.54, 1.807) is 24.3 Å². The lowest BCUT2D eigenvalue weighted by atomic mass is 10.3. The van der Waals surface area contributed by atoms with E-state index in [1.807, 2.05) is 0 Å². The standard InChI is InChI=1S/C8H7O3/c9-8(10)6-11-7-4-2-1-3-5-7/h1-4H,6H2,(H,9,10). The Kier molecular flexibility index (Phi) is 2.49. The number of ether oxygens (including phenoxy) is 1. The second-order valence-electron chi connectivity index (χ2n) is 1.91. The Hall–Kier alpha value is -1.51. The maximum atomic E-state index is 10.0. The number of para-hydroxylation sites is 1. The molecule has 0 fully saturated rings. The fraction of sp³-hybridized carbons (Fsp3) is 0.125. The molecule has 1 aromatic carbocycles. The summed E-state index contributed by atoms with van der Waals surface area (Å²) in [6.45, 7) is -0.319. The maximum absolute atomic E-state index is 10.0.